The monoisotopic (exact) mass is 187 g/mol. The van der Waals surface area contributed by atoms with Crippen LogP contribution >= 0.6 is 11.3 Å². The zero-order valence-electron chi connectivity index (χ0n) is 6.23. The summed E-state index contributed by atoms with van der Waals surface area (Å²) < 4.78 is 0. The molecule has 0 aliphatic carbocycles. The average Bonchev–Trinajstić information content (AvgIpc) is 2.50. The number of aliphatic carboxylic acids is 1. The van der Waals surface area contributed by atoms with E-state index in [9.17, 15) is 4.79 Å². The molecule has 1 rings (SSSR count). The Bertz CT molecular complexity index is 284. The fourth-order valence-corrected chi connectivity index (χ4v) is 1.57. The normalized spacial score (nSPS) is 12.8. The second kappa shape index (κ2) is 3.66. The third-order valence-electron chi connectivity index (χ3n) is 1.46. The van der Waals surface area contributed by atoms with Crippen molar-refractivity contribution in [3.63, 3.8) is 0 Å². The maximum atomic E-state index is 10.4. The van der Waals surface area contributed by atoms with Gasteiger partial charge in [0.15, 0.2) is 0 Å². The van der Waals surface area contributed by atoms with Gasteiger partial charge in [0.05, 0.1) is 6.61 Å². The summed E-state index contributed by atoms with van der Waals surface area (Å²) in [6.45, 7) is -0.0724. The minimum Gasteiger partial charge on any atom is -0.480 e. The summed E-state index contributed by atoms with van der Waals surface area (Å²) in [5, 5.41) is 18.9. The Labute approximate surface area is 73.3 Å². The molecule has 0 amide bonds. The van der Waals surface area contributed by atoms with Gasteiger partial charge in [-0.1, -0.05) is 0 Å². The Morgan fingerprint density at radius 1 is 1.75 bits per heavy atom. The summed E-state index contributed by atoms with van der Waals surface area (Å²) in [4.78, 5) is 11.1. The molecule has 0 spiro atoms. The lowest BCUT2D eigenvalue weighted by Crippen LogP contribution is -2.19. The van der Waals surface area contributed by atoms with Crippen LogP contribution in [0.1, 0.15) is 16.5 Å². The van der Waals surface area contributed by atoms with Crippen LogP contribution in [0.25, 0.3) is 0 Å². The molecule has 1 aromatic rings. The van der Waals surface area contributed by atoms with E-state index < -0.39 is 12.0 Å². The van der Waals surface area contributed by atoms with Gasteiger partial charge in [0.1, 0.15) is 6.04 Å². The molecule has 0 fully saturated rings. The van der Waals surface area contributed by atoms with E-state index in [0.29, 0.717) is 5.56 Å². The van der Waals surface area contributed by atoms with Crippen LogP contribution in [0.2, 0.25) is 0 Å². The van der Waals surface area contributed by atoms with E-state index in [1.165, 1.54) is 11.3 Å². The smallest absolute Gasteiger partial charge is 0.325 e. The van der Waals surface area contributed by atoms with Gasteiger partial charge in [-0.3, -0.25) is 4.79 Å². The lowest BCUT2D eigenvalue weighted by molar-refractivity contribution is -0.138. The van der Waals surface area contributed by atoms with Crippen LogP contribution in [0.5, 0.6) is 0 Å². The van der Waals surface area contributed by atoms with E-state index in [2.05, 4.69) is 0 Å². The predicted octanol–water partition coefficient (Wildman–Crippen LogP) is 0.325. The first-order chi connectivity index (χ1) is 5.65. The number of carbonyl (C=O) groups is 1. The molecule has 1 aromatic heterocycles. The third-order valence-corrected chi connectivity index (χ3v) is 2.39. The molecule has 0 unspecified atom stereocenters. The van der Waals surface area contributed by atoms with Crippen LogP contribution in [-0.4, -0.2) is 16.2 Å². The van der Waals surface area contributed by atoms with Gasteiger partial charge in [0.2, 0.25) is 0 Å². The number of aliphatic hydroxyl groups is 1. The molecule has 66 valence electrons. The molecule has 0 saturated heterocycles. The number of carboxylic acids is 1. The summed E-state index contributed by atoms with van der Waals surface area (Å²) in [6, 6.07) is 0.616. The highest BCUT2D eigenvalue weighted by atomic mass is 32.1. The second-order valence-electron chi connectivity index (χ2n) is 2.32. The molecule has 0 aliphatic rings. The van der Waals surface area contributed by atoms with Gasteiger partial charge < -0.3 is 15.9 Å². The summed E-state index contributed by atoms with van der Waals surface area (Å²) in [5.74, 6) is -1.06. The summed E-state index contributed by atoms with van der Waals surface area (Å²) in [6.07, 6.45) is 0. The molecule has 0 bridgehead atoms. The van der Waals surface area contributed by atoms with E-state index in [1.54, 1.807) is 11.4 Å². The zero-order chi connectivity index (χ0) is 9.14. The number of aliphatic hydroxyl groups excluding tert-OH is 1. The summed E-state index contributed by atoms with van der Waals surface area (Å²) in [7, 11) is 0. The Morgan fingerprint density at radius 3 is 2.83 bits per heavy atom. The van der Waals surface area contributed by atoms with Crippen molar-refractivity contribution in [2.45, 2.75) is 12.6 Å². The minimum atomic E-state index is -1.06. The maximum absolute atomic E-state index is 10.4. The van der Waals surface area contributed by atoms with Crippen LogP contribution in [0.3, 0.4) is 0 Å². The van der Waals surface area contributed by atoms with Crippen molar-refractivity contribution in [3.8, 4) is 0 Å². The fraction of sp³-hybridized carbons (Fsp3) is 0.286. The van der Waals surface area contributed by atoms with E-state index in [-0.39, 0.29) is 6.61 Å². The first-order valence-electron chi connectivity index (χ1n) is 3.31. The highest BCUT2D eigenvalue weighted by Gasteiger charge is 2.15. The molecular weight excluding hydrogens is 178 g/mol. The number of nitrogens with two attached hydrogens (primary N) is 1. The Morgan fingerprint density at radius 2 is 2.42 bits per heavy atom. The molecular formula is C7H9NO3S. The van der Waals surface area contributed by atoms with Crippen molar-refractivity contribution in [3.05, 3.63) is 21.9 Å². The second-order valence-corrected chi connectivity index (χ2v) is 3.32. The minimum absolute atomic E-state index is 0.0724. The van der Waals surface area contributed by atoms with E-state index in [0.717, 1.165) is 4.88 Å². The molecule has 0 aliphatic heterocycles. The number of hydrogen-bond donors (Lipinski definition) is 3. The first-order valence-corrected chi connectivity index (χ1v) is 4.19. The molecule has 0 radical (unpaired) electrons. The molecule has 4 N–H and O–H groups in total. The SMILES string of the molecule is N[C@H](C(=O)O)c1csc(CO)c1. The molecule has 1 heterocycles. The van der Waals surface area contributed by atoms with Gasteiger partial charge in [-0.15, -0.1) is 11.3 Å². The Hall–Kier alpha value is -0.910. The summed E-state index contributed by atoms with van der Waals surface area (Å²) in [5.41, 5.74) is 5.87. The number of hydrogen-bond acceptors (Lipinski definition) is 4. The average molecular weight is 187 g/mol. The van der Waals surface area contributed by atoms with Gasteiger partial charge in [-0.05, 0) is 17.0 Å². The van der Waals surface area contributed by atoms with Gasteiger partial charge >= 0.3 is 5.97 Å². The van der Waals surface area contributed by atoms with Crippen LogP contribution < -0.4 is 5.73 Å². The highest BCUT2D eigenvalue weighted by Crippen LogP contribution is 2.19. The van der Waals surface area contributed by atoms with Crippen LogP contribution in [0, 0.1) is 0 Å². The fourth-order valence-electron chi connectivity index (χ4n) is 0.786. The molecule has 1 atom stereocenters. The third kappa shape index (κ3) is 1.82. The van der Waals surface area contributed by atoms with Crippen molar-refractivity contribution in [2.75, 3.05) is 0 Å². The number of rotatable bonds is 3. The molecule has 12 heavy (non-hydrogen) atoms. The quantitative estimate of drug-likeness (QED) is 0.636. The van der Waals surface area contributed by atoms with Crippen LogP contribution in [0.4, 0.5) is 0 Å². The lowest BCUT2D eigenvalue weighted by Gasteiger charge is -2.01. The van der Waals surface area contributed by atoms with Crippen molar-refractivity contribution in [2.24, 2.45) is 5.73 Å². The molecule has 0 aromatic carbocycles. The Kier molecular flexibility index (Phi) is 2.80. The predicted molar refractivity (Wildman–Crippen MR) is 44.8 cm³/mol. The lowest BCUT2D eigenvalue weighted by atomic mass is 10.1. The van der Waals surface area contributed by atoms with Crippen LogP contribution in [0.15, 0.2) is 11.4 Å². The topological polar surface area (TPSA) is 83.6 Å². The largest absolute Gasteiger partial charge is 0.480 e. The van der Waals surface area contributed by atoms with E-state index >= 15 is 0 Å². The first kappa shape index (κ1) is 9.18. The van der Waals surface area contributed by atoms with E-state index in [4.69, 9.17) is 15.9 Å². The molecule has 4 nitrogen and oxygen atoms in total. The van der Waals surface area contributed by atoms with Crippen molar-refractivity contribution >= 4 is 17.3 Å². The van der Waals surface area contributed by atoms with Gasteiger partial charge in [0.25, 0.3) is 0 Å². The Balaban J connectivity index is 2.81. The molecule has 0 saturated carbocycles. The maximum Gasteiger partial charge on any atom is 0.325 e. The highest BCUT2D eigenvalue weighted by molar-refractivity contribution is 7.10. The number of carboxylic acid groups (broad SMARTS) is 1. The summed E-state index contributed by atoms with van der Waals surface area (Å²) >= 11 is 1.30. The standard InChI is InChI=1S/C7H9NO3S/c8-6(7(10)11)4-1-5(2-9)12-3-4/h1,3,6,9H,2,8H2,(H,10,11)/t6-/m0/s1. The van der Waals surface area contributed by atoms with Gasteiger partial charge in [-0.25, -0.2) is 0 Å². The van der Waals surface area contributed by atoms with Crippen LogP contribution in [-0.2, 0) is 11.4 Å². The zero-order valence-corrected chi connectivity index (χ0v) is 7.04. The number of thiophene rings is 1. The van der Waals surface area contributed by atoms with Gasteiger partial charge in [0, 0.05) is 4.88 Å². The molecule has 5 heteroatoms. The van der Waals surface area contributed by atoms with Crippen molar-refractivity contribution in [1.29, 1.82) is 0 Å². The van der Waals surface area contributed by atoms with Crippen molar-refractivity contribution in [1.82, 2.24) is 0 Å². The van der Waals surface area contributed by atoms with E-state index in [1.807, 2.05) is 0 Å². The van der Waals surface area contributed by atoms with Gasteiger partial charge in [-0.2, -0.15) is 0 Å². The van der Waals surface area contributed by atoms with Crippen molar-refractivity contribution < 1.29 is 15.0 Å².